The van der Waals surface area contributed by atoms with Crippen molar-refractivity contribution in [3.05, 3.63) is 60.1 Å². The summed E-state index contributed by atoms with van der Waals surface area (Å²) in [5, 5.41) is 0.485. The molecule has 1 saturated heterocycles. The van der Waals surface area contributed by atoms with Crippen molar-refractivity contribution < 1.29 is 4.79 Å². The first-order chi connectivity index (χ1) is 9.68. The minimum absolute atomic E-state index is 0.113. The molecule has 0 spiro atoms. The maximum atomic E-state index is 12.6. The van der Waals surface area contributed by atoms with E-state index in [1.165, 1.54) is 0 Å². The summed E-state index contributed by atoms with van der Waals surface area (Å²) in [7, 11) is 1.80. The number of likely N-dealkylation sites (N-methyl/N-ethyl adjacent to an activating group) is 1. The summed E-state index contributed by atoms with van der Waals surface area (Å²) in [6.45, 7) is 0. The lowest BCUT2D eigenvalue weighted by atomic mass is 10.2. The summed E-state index contributed by atoms with van der Waals surface area (Å²) < 4.78 is 0. The van der Waals surface area contributed by atoms with Crippen molar-refractivity contribution in [2.45, 2.75) is 0 Å². The number of aromatic amines is 1. The Morgan fingerprint density at radius 1 is 1.15 bits per heavy atom. The number of benzene rings is 1. The molecule has 4 nitrogen and oxygen atoms in total. The van der Waals surface area contributed by atoms with Gasteiger partial charge in [-0.3, -0.25) is 9.69 Å². The monoisotopic (exact) mass is 283 g/mol. The molecule has 2 heterocycles. The Labute approximate surface area is 122 Å². The Bertz CT molecular complexity index is 676. The van der Waals surface area contributed by atoms with Crippen LogP contribution in [0.3, 0.4) is 0 Å². The van der Waals surface area contributed by atoms with Crippen LogP contribution in [0.4, 0.5) is 5.69 Å². The second kappa shape index (κ2) is 4.94. The molecule has 1 fully saturated rings. The van der Waals surface area contributed by atoms with Crippen molar-refractivity contribution >= 4 is 35.0 Å². The van der Waals surface area contributed by atoms with E-state index in [0.717, 1.165) is 11.4 Å². The van der Waals surface area contributed by atoms with Gasteiger partial charge in [0.15, 0.2) is 5.11 Å². The number of nitrogens with one attached hydrogen (secondary N) is 1. The fourth-order valence-electron chi connectivity index (χ4n) is 2.14. The summed E-state index contributed by atoms with van der Waals surface area (Å²) >= 11 is 5.37. The molecule has 5 heteroatoms. The number of anilines is 1. The van der Waals surface area contributed by atoms with Gasteiger partial charge in [-0.05, 0) is 42.6 Å². The zero-order valence-electron chi connectivity index (χ0n) is 10.9. The van der Waals surface area contributed by atoms with E-state index in [2.05, 4.69) is 4.98 Å². The summed E-state index contributed by atoms with van der Waals surface area (Å²) in [6, 6.07) is 13.2. The lowest BCUT2D eigenvalue weighted by molar-refractivity contribution is -0.114. The van der Waals surface area contributed by atoms with E-state index in [9.17, 15) is 4.79 Å². The maximum Gasteiger partial charge on any atom is 0.281 e. The second-order valence-corrected chi connectivity index (χ2v) is 4.84. The predicted molar refractivity (Wildman–Crippen MR) is 83.1 cm³/mol. The molecule has 1 aliphatic heterocycles. The highest BCUT2D eigenvalue weighted by molar-refractivity contribution is 7.80. The molecule has 1 N–H and O–H groups in total. The van der Waals surface area contributed by atoms with Crippen molar-refractivity contribution in [3.8, 4) is 0 Å². The Morgan fingerprint density at radius 3 is 2.55 bits per heavy atom. The molecule has 100 valence electrons. The third kappa shape index (κ3) is 2.02. The van der Waals surface area contributed by atoms with Crippen LogP contribution in [0.25, 0.3) is 6.08 Å². The van der Waals surface area contributed by atoms with E-state index < -0.39 is 0 Å². The summed E-state index contributed by atoms with van der Waals surface area (Å²) in [4.78, 5) is 18.9. The predicted octanol–water partition coefficient (Wildman–Crippen LogP) is 2.62. The molecule has 2 aromatic rings. The van der Waals surface area contributed by atoms with Gasteiger partial charge in [-0.25, -0.2) is 0 Å². The highest BCUT2D eigenvalue weighted by Gasteiger charge is 2.36. The first-order valence-corrected chi connectivity index (χ1v) is 6.61. The largest absolute Gasteiger partial charge is 0.362 e. The van der Waals surface area contributed by atoms with Gasteiger partial charge in [-0.2, -0.15) is 0 Å². The van der Waals surface area contributed by atoms with Crippen molar-refractivity contribution in [1.82, 2.24) is 9.88 Å². The Morgan fingerprint density at radius 2 is 1.90 bits per heavy atom. The molecular formula is C15H13N3OS. The zero-order valence-corrected chi connectivity index (χ0v) is 11.7. The normalized spacial score (nSPS) is 17.4. The van der Waals surface area contributed by atoms with Crippen LogP contribution in [0.2, 0.25) is 0 Å². The van der Waals surface area contributed by atoms with Crippen molar-refractivity contribution in [3.63, 3.8) is 0 Å². The fraction of sp³-hybridized carbons (Fsp3) is 0.0667. The molecule has 1 aromatic carbocycles. The van der Waals surface area contributed by atoms with Crippen molar-refractivity contribution in [2.24, 2.45) is 0 Å². The van der Waals surface area contributed by atoms with Crippen molar-refractivity contribution in [1.29, 1.82) is 0 Å². The van der Waals surface area contributed by atoms with Gasteiger partial charge in [0.05, 0.1) is 5.69 Å². The number of nitrogens with zero attached hydrogens (tertiary/aromatic N) is 2. The van der Waals surface area contributed by atoms with Gasteiger partial charge in [-0.15, -0.1) is 0 Å². The number of para-hydroxylation sites is 1. The van der Waals surface area contributed by atoms with Gasteiger partial charge in [0.25, 0.3) is 5.91 Å². The fourth-order valence-corrected chi connectivity index (χ4v) is 2.43. The summed E-state index contributed by atoms with van der Waals surface area (Å²) in [5.41, 5.74) is 2.21. The van der Waals surface area contributed by atoms with Gasteiger partial charge in [0.2, 0.25) is 0 Å². The van der Waals surface area contributed by atoms with Crippen molar-refractivity contribution in [2.75, 3.05) is 11.9 Å². The molecule has 0 radical (unpaired) electrons. The third-order valence-electron chi connectivity index (χ3n) is 3.19. The van der Waals surface area contributed by atoms with Crippen LogP contribution < -0.4 is 4.90 Å². The van der Waals surface area contributed by atoms with Crippen LogP contribution in [-0.4, -0.2) is 28.0 Å². The molecule has 0 aliphatic carbocycles. The van der Waals surface area contributed by atoms with Gasteiger partial charge in [0.1, 0.15) is 5.70 Å². The molecule has 1 aliphatic rings. The maximum absolute atomic E-state index is 12.6. The minimum atomic E-state index is -0.113. The third-order valence-corrected chi connectivity index (χ3v) is 3.65. The van der Waals surface area contributed by atoms with E-state index in [-0.39, 0.29) is 5.91 Å². The van der Waals surface area contributed by atoms with Crippen LogP contribution >= 0.6 is 12.2 Å². The number of aromatic nitrogens is 1. The number of carbonyl (C=O) groups is 1. The molecular weight excluding hydrogens is 270 g/mol. The van der Waals surface area contributed by atoms with Gasteiger partial charge in [-0.1, -0.05) is 18.2 Å². The Balaban J connectivity index is 2.01. The minimum Gasteiger partial charge on any atom is -0.362 e. The van der Waals surface area contributed by atoms with E-state index in [1.54, 1.807) is 22.9 Å². The van der Waals surface area contributed by atoms with E-state index >= 15 is 0 Å². The second-order valence-electron chi connectivity index (χ2n) is 4.47. The topological polar surface area (TPSA) is 39.3 Å². The van der Waals surface area contributed by atoms with Crippen LogP contribution in [-0.2, 0) is 4.79 Å². The zero-order chi connectivity index (χ0) is 14.1. The smallest absolute Gasteiger partial charge is 0.281 e. The SMILES string of the molecule is CN1C(=S)N(c2ccccc2)C(=O)/C1=C\c1ccc[nH]1. The van der Waals surface area contributed by atoms with Crippen LogP contribution in [0, 0.1) is 0 Å². The summed E-state index contributed by atoms with van der Waals surface area (Å²) in [6.07, 6.45) is 3.62. The summed E-state index contributed by atoms with van der Waals surface area (Å²) in [5.74, 6) is -0.113. The number of hydrogen-bond donors (Lipinski definition) is 1. The van der Waals surface area contributed by atoms with Crippen LogP contribution in [0.5, 0.6) is 0 Å². The number of H-pyrrole nitrogens is 1. The van der Waals surface area contributed by atoms with Gasteiger partial charge < -0.3 is 9.88 Å². The number of amides is 1. The van der Waals surface area contributed by atoms with Crippen LogP contribution in [0.1, 0.15) is 5.69 Å². The Kier molecular flexibility index (Phi) is 3.12. The molecule has 20 heavy (non-hydrogen) atoms. The average Bonchev–Trinajstić information content (AvgIpc) is 3.04. The quantitative estimate of drug-likeness (QED) is 0.680. The molecule has 3 rings (SSSR count). The molecule has 0 unspecified atom stereocenters. The van der Waals surface area contributed by atoms with Crippen LogP contribution in [0.15, 0.2) is 54.4 Å². The highest BCUT2D eigenvalue weighted by atomic mass is 32.1. The molecule has 0 bridgehead atoms. The van der Waals surface area contributed by atoms with Gasteiger partial charge >= 0.3 is 0 Å². The standard InChI is InChI=1S/C15H13N3OS/c1-17-13(10-11-6-5-9-16-11)14(19)18(15(17)20)12-7-3-2-4-8-12/h2-10,16H,1H3/b13-10+. The average molecular weight is 283 g/mol. The van der Waals surface area contributed by atoms with Gasteiger partial charge in [0, 0.05) is 18.9 Å². The number of rotatable bonds is 2. The molecule has 1 amide bonds. The molecule has 0 atom stereocenters. The first-order valence-electron chi connectivity index (χ1n) is 6.21. The molecule has 0 saturated carbocycles. The lowest BCUT2D eigenvalue weighted by Crippen LogP contribution is -2.30. The van der Waals surface area contributed by atoms with E-state index in [4.69, 9.17) is 12.2 Å². The Hall–Kier alpha value is -2.40. The highest BCUT2D eigenvalue weighted by Crippen LogP contribution is 2.27. The number of carbonyl (C=O) groups excluding carboxylic acids is 1. The number of thiocarbonyl (C=S) groups is 1. The molecule has 1 aromatic heterocycles. The van der Waals surface area contributed by atoms with E-state index in [0.29, 0.717) is 10.8 Å². The first kappa shape index (κ1) is 12.6. The lowest BCUT2D eigenvalue weighted by Gasteiger charge is -2.16. The van der Waals surface area contributed by atoms with E-state index in [1.807, 2.05) is 48.7 Å². The number of hydrogen-bond acceptors (Lipinski definition) is 2.